The lowest BCUT2D eigenvalue weighted by molar-refractivity contribution is -0.197. The van der Waals surface area contributed by atoms with Crippen molar-refractivity contribution in [1.82, 2.24) is 0 Å². The van der Waals surface area contributed by atoms with Crippen molar-refractivity contribution < 1.29 is 15.0 Å². The first-order chi connectivity index (χ1) is 15.6. The van der Waals surface area contributed by atoms with Crippen LogP contribution in [0.3, 0.4) is 0 Å². The molecule has 5 aliphatic rings. The highest BCUT2D eigenvalue weighted by Gasteiger charge is 2.71. The van der Waals surface area contributed by atoms with E-state index in [0.717, 1.165) is 25.7 Å². The fourth-order valence-electron chi connectivity index (χ4n) is 10.9. The van der Waals surface area contributed by atoms with E-state index in [1.54, 1.807) is 5.57 Å². The number of rotatable bonds is 2. The van der Waals surface area contributed by atoms with Gasteiger partial charge in [0.05, 0.1) is 11.0 Å². The van der Waals surface area contributed by atoms with Crippen molar-refractivity contribution in [3.63, 3.8) is 0 Å². The smallest absolute Gasteiger partial charge is 0.310 e. The van der Waals surface area contributed by atoms with E-state index in [1.165, 1.54) is 18.4 Å². The Bertz CT molecular complexity index is 971. The Morgan fingerprint density at radius 3 is 2.29 bits per heavy atom. The molecule has 9 unspecified atom stereocenters. The van der Waals surface area contributed by atoms with E-state index >= 15 is 0 Å². The maximum atomic E-state index is 12.9. The summed E-state index contributed by atoms with van der Waals surface area (Å²) in [4.78, 5) is 12.9. The third-order valence-corrected chi connectivity index (χ3v) is 13.1. The van der Waals surface area contributed by atoms with Crippen molar-refractivity contribution in [1.29, 1.82) is 0 Å². The molecule has 3 heteroatoms. The SMILES string of the molecule is CCC1=CC(C)(C)C2CCC3(C)C(CC=C4C5C(C(=O)O)(CCC(C)C5(C)O)CCC43C)C12C. The topological polar surface area (TPSA) is 57.5 Å². The molecule has 0 heterocycles. The molecular formula is C31H48O3. The molecule has 5 rings (SSSR count). The molecule has 0 aromatic rings. The van der Waals surface area contributed by atoms with Crippen molar-refractivity contribution in [2.45, 2.75) is 112 Å². The van der Waals surface area contributed by atoms with Gasteiger partial charge >= 0.3 is 5.97 Å². The molecule has 3 saturated carbocycles. The molecule has 9 atom stereocenters. The van der Waals surface area contributed by atoms with Crippen LogP contribution >= 0.6 is 0 Å². The summed E-state index contributed by atoms with van der Waals surface area (Å²) in [7, 11) is 0. The Hall–Kier alpha value is -1.09. The van der Waals surface area contributed by atoms with Gasteiger partial charge in [-0.1, -0.05) is 71.8 Å². The predicted octanol–water partition coefficient (Wildman–Crippen LogP) is 7.40. The first kappa shape index (κ1) is 24.6. The zero-order chi connectivity index (χ0) is 25.1. The minimum absolute atomic E-state index is 0.0693. The zero-order valence-corrected chi connectivity index (χ0v) is 22.9. The molecule has 34 heavy (non-hydrogen) atoms. The van der Waals surface area contributed by atoms with Crippen molar-refractivity contribution in [2.75, 3.05) is 0 Å². The molecule has 0 radical (unpaired) electrons. The van der Waals surface area contributed by atoms with Gasteiger partial charge in [-0.15, -0.1) is 0 Å². The molecule has 5 aliphatic carbocycles. The summed E-state index contributed by atoms with van der Waals surface area (Å²) in [6.45, 7) is 18.8. The molecule has 0 aliphatic heterocycles. The fourth-order valence-corrected chi connectivity index (χ4v) is 10.9. The van der Waals surface area contributed by atoms with Crippen molar-refractivity contribution in [2.24, 2.45) is 50.7 Å². The van der Waals surface area contributed by atoms with Crippen LogP contribution in [0.5, 0.6) is 0 Å². The van der Waals surface area contributed by atoms with Crippen molar-refractivity contribution in [3.8, 4) is 0 Å². The van der Waals surface area contributed by atoms with Gasteiger partial charge in [0.2, 0.25) is 0 Å². The molecule has 0 aromatic carbocycles. The summed E-state index contributed by atoms with van der Waals surface area (Å²) in [5.74, 6) is 0.362. The molecule has 2 N–H and O–H groups in total. The monoisotopic (exact) mass is 468 g/mol. The fraction of sp³-hybridized carbons (Fsp3) is 0.839. The second-order valence-corrected chi connectivity index (χ2v) is 14.5. The summed E-state index contributed by atoms with van der Waals surface area (Å²) in [5, 5.41) is 22.5. The van der Waals surface area contributed by atoms with Crippen molar-refractivity contribution >= 4 is 5.97 Å². The number of hydrogen-bond acceptors (Lipinski definition) is 2. The molecule has 3 nitrogen and oxygen atoms in total. The first-order valence-electron chi connectivity index (χ1n) is 14.0. The maximum Gasteiger partial charge on any atom is 0.310 e. The molecule has 0 spiro atoms. The number of allylic oxidation sites excluding steroid dienone is 3. The average Bonchev–Trinajstić information content (AvgIpc) is 2.96. The molecule has 0 aromatic heterocycles. The van der Waals surface area contributed by atoms with Gasteiger partial charge in [0.25, 0.3) is 0 Å². The van der Waals surface area contributed by atoms with Crippen LogP contribution < -0.4 is 0 Å². The van der Waals surface area contributed by atoms with Gasteiger partial charge in [0.15, 0.2) is 0 Å². The van der Waals surface area contributed by atoms with Crippen LogP contribution in [0, 0.1) is 50.7 Å². The van der Waals surface area contributed by atoms with Crippen molar-refractivity contribution in [3.05, 3.63) is 23.3 Å². The highest BCUT2D eigenvalue weighted by Crippen LogP contribution is 2.77. The summed E-state index contributed by atoms with van der Waals surface area (Å²) < 4.78 is 0. The molecule has 0 amide bonds. The van der Waals surface area contributed by atoms with Gasteiger partial charge in [-0.2, -0.15) is 0 Å². The second kappa shape index (κ2) is 7.02. The van der Waals surface area contributed by atoms with E-state index in [9.17, 15) is 15.0 Å². The third-order valence-electron chi connectivity index (χ3n) is 13.1. The minimum atomic E-state index is -0.988. The molecule has 0 bridgehead atoms. The lowest BCUT2D eigenvalue weighted by Gasteiger charge is -2.69. The van der Waals surface area contributed by atoms with Gasteiger partial charge in [-0.3, -0.25) is 4.79 Å². The van der Waals surface area contributed by atoms with E-state index in [0.29, 0.717) is 24.7 Å². The van der Waals surface area contributed by atoms with Gasteiger partial charge in [-0.05, 0) is 97.7 Å². The molecular weight excluding hydrogens is 420 g/mol. The van der Waals surface area contributed by atoms with Gasteiger partial charge in [0, 0.05) is 5.92 Å². The van der Waals surface area contributed by atoms with E-state index in [1.807, 2.05) is 6.92 Å². The van der Waals surface area contributed by atoms with Crippen LogP contribution in [0.15, 0.2) is 23.3 Å². The van der Waals surface area contributed by atoms with Crippen LogP contribution in [0.1, 0.15) is 107 Å². The standard InChI is InChI=1S/C31H48O3/c1-9-20-18-26(3,4)22-13-14-28(6)23(29(20,22)7)11-10-21-24-30(8,34)19(2)12-15-31(24,25(32)33)17-16-27(21,28)5/h10,18-19,22-24,34H,9,11-17H2,1-8H3,(H,32,33). The van der Waals surface area contributed by atoms with Crippen LogP contribution in [-0.2, 0) is 4.79 Å². The first-order valence-corrected chi connectivity index (χ1v) is 14.0. The number of hydrogen-bond donors (Lipinski definition) is 2. The summed E-state index contributed by atoms with van der Waals surface area (Å²) in [6.07, 6.45) is 12.7. The highest BCUT2D eigenvalue weighted by molar-refractivity contribution is 5.77. The number of aliphatic hydroxyl groups is 1. The zero-order valence-electron chi connectivity index (χ0n) is 22.9. The average molecular weight is 469 g/mol. The van der Waals surface area contributed by atoms with E-state index in [-0.39, 0.29) is 33.5 Å². The molecule has 3 fully saturated rings. The lowest BCUT2D eigenvalue weighted by atomic mass is 9.34. The number of carboxylic acids is 1. The Labute approximate surface area is 207 Å². The van der Waals surface area contributed by atoms with Gasteiger partial charge < -0.3 is 10.2 Å². The largest absolute Gasteiger partial charge is 0.481 e. The van der Waals surface area contributed by atoms with Gasteiger partial charge in [-0.25, -0.2) is 0 Å². The summed E-state index contributed by atoms with van der Waals surface area (Å²) >= 11 is 0. The normalized spacial score (nSPS) is 53.6. The number of carbonyl (C=O) groups is 1. The van der Waals surface area contributed by atoms with Crippen LogP contribution in [0.25, 0.3) is 0 Å². The molecule has 0 saturated heterocycles. The van der Waals surface area contributed by atoms with Crippen LogP contribution in [0.4, 0.5) is 0 Å². The molecule has 190 valence electrons. The number of aliphatic carboxylic acids is 1. The van der Waals surface area contributed by atoms with E-state index < -0.39 is 17.0 Å². The quantitative estimate of drug-likeness (QED) is 0.415. The summed E-state index contributed by atoms with van der Waals surface area (Å²) in [6, 6.07) is 0. The van der Waals surface area contributed by atoms with E-state index in [2.05, 4.69) is 60.6 Å². The highest BCUT2D eigenvalue weighted by atomic mass is 16.4. The summed E-state index contributed by atoms with van der Waals surface area (Å²) in [5.41, 5.74) is 1.59. The second-order valence-electron chi connectivity index (χ2n) is 14.5. The number of fused-ring (bicyclic) bond motifs is 7. The number of carboxylic acid groups (broad SMARTS) is 1. The van der Waals surface area contributed by atoms with Crippen LogP contribution in [-0.4, -0.2) is 21.8 Å². The minimum Gasteiger partial charge on any atom is -0.481 e. The third kappa shape index (κ3) is 2.61. The van der Waals surface area contributed by atoms with Crippen LogP contribution in [0.2, 0.25) is 0 Å². The lowest BCUT2D eigenvalue weighted by Crippen LogP contribution is -2.66. The van der Waals surface area contributed by atoms with Gasteiger partial charge in [0.1, 0.15) is 0 Å². The Balaban J connectivity index is 1.68. The van der Waals surface area contributed by atoms with E-state index in [4.69, 9.17) is 0 Å². The Kier molecular flexibility index (Phi) is 5.08. The Morgan fingerprint density at radius 2 is 1.68 bits per heavy atom. The Morgan fingerprint density at radius 1 is 1.00 bits per heavy atom. The maximum absolute atomic E-state index is 12.9. The predicted molar refractivity (Wildman–Crippen MR) is 137 cm³/mol.